The van der Waals surface area contributed by atoms with Gasteiger partial charge < -0.3 is 4.90 Å². The van der Waals surface area contributed by atoms with Crippen LogP contribution in [-0.4, -0.2) is 37.5 Å². The van der Waals surface area contributed by atoms with Crippen LogP contribution in [0.2, 0.25) is 0 Å². The first-order valence-corrected chi connectivity index (χ1v) is 7.59. The van der Waals surface area contributed by atoms with Crippen LogP contribution in [-0.2, 0) is 9.84 Å². The molecule has 0 radical (unpaired) electrons. The number of hydrogen-bond donors (Lipinski definition) is 0. The molecule has 1 aromatic rings. The van der Waals surface area contributed by atoms with Crippen molar-refractivity contribution in [1.82, 2.24) is 4.98 Å². The Morgan fingerprint density at radius 3 is 2.89 bits per heavy atom. The topological polar surface area (TPSA) is 74.1 Å². The van der Waals surface area contributed by atoms with Crippen LogP contribution in [0.1, 0.15) is 18.1 Å². The van der Waals surface area contributed by atoms with E-state index in [0.717, 1.165) is 5.56 Å². The number of hydrogen-bond acceptors (Lipinski definition) is 5. The predicted octanol–water partition coefficient (Wildman–Crippen LogP) is 0.885. The summed E-state index contributed by atoms with van der Waals surface area (Å²) in [4.78, 5) is 6.15. The molecule has 1 saturated heterocycles. The van der Waals surface area contributed by atoms with Crippen molar-refractivity contribution in [3.63, 3.8) is 0 Å². The Morgan fingerprint density at radius 2 is 2.28 bits per heavy atom. The molecule has 0 N–H and O–H groups in total. The van der Waals surface area contributed by atoms with Gasteiger partial charge in [0.2, 0.25) is 0 Å². The molecule has 0 spiro atoms. The van der Waals surface area contributed by atoms with Gasteiger partial charge in [-0.15, -0.1) is 0 Å². The highest BCUT2D eigenvalue weighted by Crippen LogP contribution is 2.24. The van der Waals surface area contributed by atoms with E-state index in [4.69, 9.17) is 0 Å². The Bertz CT molecular complexity index is 604. The fourth-order valence-electron chi connectivity index (χ4n) is 2.21. The molecule has 1 aliphatic heterocycles. The summed E-state index contributed by atoms with van der Waals surface area (Å²) >= 11 is 0. The lowest BCUT2D eigenvalue weighted by atomic mass is 10.1. The summed E-state index contributed by atoms with van der Waals surface area (Å²) in [7, 11) is -2.95. The molecule has 2 rings (SSSR count). The molecule has 0 aromatic carbocycles. The molecule has 0 aliphatic carbocycles. The maximum Gasteiger partial charge on any atom is 0.154 e. The van der Waals surface area contributed by atoms with Gasteiger partial charge in [-0.2, -0.15) is 5.26 Å². The van der Waals surface area contributed by atoms with E-state index in [2.05, 4.69) is 11.1 Å². The zero-order valence-corrected chi connectivity index (χ0v) is 11.2. The summed E-state index contributed by atoms with van der Waals surface area (Å²) in [6.07, 6.45) is 1.65. The van der Waals surface area contributed by atoms with E-state index in [1.807, 2.05) is 18.7 Å². The first kappa shape index (κ1) is 12.8. The monoisotopic (exact) mass is 265 g/mol. The van der Waals surface area contributed by atoms with Crippen molar-refractivity contribution >= 4 is 15.7 Å². The second-order valence-corrected chi connectivity index (χ2v) is 6.82. The van der Waals surface area contributed by atoms with Crippen LogP contribution in [0, 0.1) is 18.3 Å². The zero-order chi connectivity index (χ0) is 13.3. The van der Waals surface area contributed by atoms with Gasteiger partial charge in [-0.3, -0.25) is 0 Å². The Kier molecular flexibility index (Phi) is 3.26. The quantitative estimate of drug-likeness (QED) is 0.753. The molecule has 2 heterocycles. The molecule has 0 amide bonds. The van der Waals surface area contributed by atoms with E-state index in [-0.39, 0.29) is 17.5 Å². The number of nitrogens with zero attached hydrogens (tertiary/aromatic N) is 3. The number of pyridine rings is 1. The van der Waals surface area contributed by atoms with Gasteiger partial charge in [0, 0.05) is 18.8 Å². The number of sulfone groups is 1. The molecule has 18 heavy (non-hydrogen) atoms. The Balaban J connectivity index is 2.40. The van der Waals surface area contributed by atoms with Crippen LogP contribution < -0.4 is 4.90 Å². The summed E-state index contributed by atoms with van der Waals surface area (Å²) in [5.41, 5.74) is 1.40. The van der Waals surface area contributed by atoms with Crippen LogP contribution in [0.4, 0.5) is 5.82 Å². The van der Waals surface area contributed by atoms with Gasteiger partial charge in [-0.25, -0.2) is 13.4 Å². The molecule has 0 bridgehead atoms. The average Bonchev–Trinajstić information content (AvgIpc) is 2.27. The van der Waals surface area contributed by atoms with E-state index >= 15 is 0 Å². The van der Waals surface area contributed by atoms with Crippen LogP contribution >= 0.6 is 0 Å². The third kappa shape index (κ3) is 2.31. The van der Waals surface area contributed by atoms with Crippen molar-refractivity contribution in [2.75, 3.05) is 23.0 Å². The van der Waals surface area contributed by atoms with Gasteiger partial charge in [-0.05, 0) is 25.5 Å². The summed E-state index contributed by atoms with van der Waals surface area (Å²) < 4.78 is 23.1. The smallest absolute Gasteiger partial charge is 0.154 e. The van der Waals surface area contributed by atoms with Crippen molar-refractivity contribution in [1.29, 1.82) is 5.26 Å². The second-order valence-electron chi connectivity index (χ2n) is 4.60. The summed E-state index contributed by atoms with van der Waals surface area (Å²) in [6, 6.07) is 3.79. The van der Waals surface area contributed by atoms with E-state index in [1.165, 1.54) is 0 Å². The maximum absolute atomic E-state index is 11.5. The molecule has 1 atom stereocenters. The molecule has 96 valence electrons. The normalized spacial score (nSPS) is 22.5. The highest BCUT2D eigenvalue weighted by atomic mass is 32.2. The van der Waals surface area contributed by atoms with Gasteiger partial charge in [0.05, 0.1) is 17.1 Å². The van der Waals surface area contributed by atoms with Gasteiger partial charge in [-0.1, -0.05) is 0 Å². The fourth-order valence-corrected chi connectivity index (χ4v) is 3.77. The number of aryl methyl sites for hydroxylation is 1. The minimum Gasteiger partial charge on any atom is -0.351 e. The Hall–Kier alpha value is -1.61. The minimum absolute atomic E-state index is 0.119. The fraction of sp³-hybridized carbons (Fsp3) is 0.500. The van der Waals surface area contributed by atoms with Crippen molar-refractivity contribution in [3.05, 3.63) is 23.4 Å². The van der Waals surface area contributed by atoms with Crippen LogP contribution in [0.5, 0.6) is 0 Å². The minimum atomic E-state index is -2.95. The van der Waals surface area contributed by atoms with Crippen molar-refractivity contribution in [2.45, 2.75) is 19.9 Å². The third-order valence-electron chi connectivity index (χ3n) is 3.19. The summed E-state index contributed by atoms with van der Waals surface area (Å²) in [5, 5.41) is 9.18. The van der Waals surface area contributed by atoms with Gasteiger partial charge in [0.25, 0.3) is 0 Å². The van der Waals surface area contributed by atoms with Crippen LogP contribution in [0.25, 0.3) is 0 Å². The van der Waals surface area contributed by atoms with E-state index in [9.17, 15) is 13.7 Å². The standard InChI is InChI=1S/C12H15N3O2S/c1-9-3-4-14-12(11(9)7-13)15-5-6-18(16,17)8-10(15)2/h3-4,10H,5-6,8H2,1-2H3. The molecular weight excluding hydrogens is 250 g/mol. The third-order valence-corrected chi connectivity index (χ3v) is 4.99. The van der Waals surface area contributed by atoms with Gasteiger partial charge in [0.1, 0.15) is 11.9 Å². The highest BCUT2D eigenvalue weighted by Gasteiger charge is 2.30. The first-order chi connectivity index (χ1) is 8.44. The molecule has 6 heteroatoms. The van der Waals surface area contributed by atoms with E-state index in [1.54, 1.807) is 12.3 Å². The van der Waals surface area contributed by atoms with Crippen molar-refractivity contribution < 1.29 is 8.42 Å². The molecule has 5 nitrogen and oxygen atoms in total. The Morgan fingerprint density at radius 1 is 1.56 bits per heavy atom. The van der Waals surface area contributed by atoms with Gasteiger partial charge >= 0.3 is 0 Å². The van der Waals surface area contributed by atoms with Crippen molar-refractivity contribution in [3.8, 4) is 6.07 Å². The SMILES string of the molecule is Cc1ccnc(N2CCS(=O)(=O)CC2C)c1C#N. The number of anilines is 1. The second kappa shape index (κ2) is 4.58. The van der Waals surface area contributed by atoms with Crippen LogP contribution in [0.3, 0.4) is 0 Å². The molecule has 1 aromatic heterocycles. The molecule has 1 fully saturated rings. The summed E-state index contributed by atoms with van der Waals surface area (Å²) in [5.74, 6) is 0.839. The highest BCUT2D eigenvalue weighted by molar-refractivity contribution is 7.91. The van der Waals surface area contributed by atoms with Crippen LogP contribution in [0.15, 0.2) is 12.3 Å². The molecule has 1 unspecified atom stereocenters. The lowest BCUT2D eigenvalue weighted by Crippen LogP contribution is -2.47. The number of nitriles is 1. The number of aromatic nitrogens is 1. The maximum atomic E-state index is 11.5. The van der Waals surface area contributed by atoms with E-state index in [0.29, 0.717) is 17.9 Å². The average molecular weight is 265 g/mol. The lowest BCUT2D eigenvalue weighted by Gasteiger charge is -2.34. The Labute approximate surface area is 107 Å². The molecule has 1 aliphatic rings. The zero-order valence-electron chi connectivity index (χ0n) is 10.4. The lowest BCUT2D eigenvalue weighted by molar-refractivity contribution is 0.566. The van der Waals surface area contributed by atoms with Gasteiger partial charge in [0.15, 0.2) is 9.84 Å². The first-order valence-electron chi connectivity index (χ1n) is 5.77. The number of rotatable bonds is 1. The van der Waals surface area contributed by atoms with Crippen molar-refractivity contribution in [2.24, 2.45) is 0 Å². The largest absolute Gasteiger partial charge is 0.351 e. The summed E-state index contributed by atoms with van der Waals surface area (Å²) in [6.45, 7) is 4.10. The molecular formula is C12H15N3O2S. The predicted molar refractivity (Wildman–Crippen MR) is 69.2 cm³/mol. The molecule has 0 saturated carbocycles. The van der Waals surface area contributed by atoms with E-state index < -0.39 is 9.84 Å².